The normalized spacial score (nSPS) is 11.6. The average molecular weight is 200 g/mol. The van der Waals surface area contributed by atoms with Crippen LogP contribution >= 0.6 is 0 Å². The van der Waals surface area contributed by atoms with Crippen LogP contribution in [0.5, 0.6) is 0 Å². The molecule has 0 heterocycles. The van der Waals surface area contributed by atoms with Crippen LogP contribution in [-0.2, 0) is 14.9 Å². The predicted molar refractivity (Wildman–Crippen MR) is 44.5 cm³/mol. The van der Waals surface area contributed by atoms with Crippen LogP contribution in [0.4, 0.5) is 0 Å². The average Bonchev–Trinajstić information content (AvgIpc) is 1.78. The number of hydrogen-bond donors (Lipinski definition) is 0. The van der Waals surface area contributed by atoms with Gasteiger partial charge in [-0.05, 0) is 0 Å². The molecule has 0 aliphatic heterocycles. The van der Waals surface area contributed by atoms with E-state index in [1.165, 1.54) is 6.26 Å². The number of hydrogen-bond acceptors (Lipinski definition) is 4. The van der Waals surface area contributed by atoms with Crippen LogP contribution in [-0.4, -0.2) is 25.3 Å². The molecule has 0 aromatic heterocycles. The van der Waals surface area contributed by atoms with Crippen LogP contribution in [0.2, 0.25) is 0 Å². The third kappa shape index (κ3) is 9.97. The van der Waals surface area contributed by atoms with E-state index in [1.807, 2.05) is 0 Å². The number of rotatable bonds is 5. The molecule has 13 heavy (non-hydrogen) atoms. The van der Waals surface area contributed by atoms with Gasteiger partial charge in [0.2, 0.25) is 0 Å². The van der Waals surface area contributed by atoms with Crippen molar-refractivity contribution in [2.75, 3.05) is 12.4 Å². The summed E-state index contributed by atoms with van der Waals surface area (Å²) in [5.41, 5.74) is -0.658. The summed E-state index contributed by atoms with van der Waals surface area (Å²) in [6.45, 7) is 6.78. The molecule has 0 amide bonds. The first kappa shape index (κ1) is 15.5. The van der Waals surface area contributed by atoms with Gasteiger partial charge in [0.05, 0.1) is 23.0 Å². The second-order valence-corrected chi connectivity index (χ2v) is 4.75. The molecule has 0 aromatic rings. The van der Waals surface area contributed by atoms with Crippen molar-refractivity contribution in [3.63, 3.8) is 0 Å². The van der Waals surface area contributed by atoms with Crippen LogP contribution < -0.4 is 18.9 Å². The largest absolute Gasteiger partial charge is 1.00 e. The Morgan fingerprint density at radius 1 is 1.54 bits per heavy atom. The van der Waals surface area contributed by atoms with Gasteiger partial charge in [0.15, 0.2) is 0 Å². The van der Waals surface area contributed by atoms with Gasteiger partial charge in [-0.25, -0.2) is 8.42 Å². The summed E-state index contributed by atoms with van der Waals surface area (Å²) in [7, 11) is -4.18. The molecule has 0 fully saturated rings. The Labute approximate surface area is 91.3 Å². The molecule has 0 unspecified atom stereocenters. The standard InChI is InChI=1S/C7H14O4S.Li/c1-4-11-5-7(2,3)6-12(8,9)10;/h4H,1,5-6H2,2-3H3,(H,8,9,10);/q;+1/p-1. The second kappa shape index (κ2) is 5.71. The molecule has 6 heteroatoms. The molecule has 0 bridgehead atoms. The molecule has 0 aromatic carbocycles. The van der Waals surface area contributed by atoms with Crippen molar-refractivity contribution in [1.29, 1.82) is 0 Å². The Hall–Kier alpha value is 0.0474. The Bertz CT molecular complexity index is 245. The summed E-state index contributed by atoms with van der Waals surface area (Å²) in [5.74, 6) is -0.423. The van der Waals surface area contributed by atoms with E-state index in [0.717, 1.165) is 0 Å². The zero-order valence-corrected chi connectivity index (χ0v) is 9.06. The molecule has 0 N–H and O–H groups in total. The first-order chi connectivity index (χ1) is 5.27. The van der Waals surface area contributed by atoms with Crippen molar-refractivity contribution in [2.45, 2.75) is 13.8 Å². The van der Waals surface area contributed by atoms with E-state index >= 15 is 0 Å². The first-order valence-corrected chi connectivity index (χ1v) is 5.01. The summed E-state index contributed by atoms with van der Waals surface area (Å²) in [4.78, 5) is 0. The molecule has 0 saturated heterocycles. The maximum Gasteiger partial charge on any atom is 1.00 e. The van der Waals surface area contributed by atoms with Crippen molar-refractivity contribution in [1.82, 2.24) is 0 Å². The minimum absolute atomic E-state index is 0. The summed E-state index contributed by atoms with van der Waals surface area (Å²) in [6, 6.07) is 0. The minimum atomic E-state index is -4.18. The summed E-state index contributed by atoms with van der Waals surface area (Å²) in [5, 5.41) is 0. The zero-order chi connectivity index (χ0) is 9.83. The van der Waals surface area contributed by atoms with Crippen LogP contribution in [0.15, 0.2) is 12.8 Å². The van der Waals surface area contributed by atoms with E-state index in [2.05, 4.69) is 6.58 Å². The molecule has 0 aliphatic rings. The summed E-state index contributed by atoms with van der Waals surface area (Å²) in [6.07, 6.45) is 1.22. The fourth-order valence-corrected chi connectivity index (χ4v) is 1.85. The van der Waals surface area contributed by atoms with Crippen molar-refractivity contribution < 1.29 is 36.6 Å². The Morgan fingerprint density at radius 2 is 2.00 bits per heavy atom. The molecular formula is C7H13LiO4S. The first-order valence-electron chi connectivity index (χ1n) is 3.43. The third-order valence-corrected chi connectivity index (χ3v) is 2.29. The third-order valence-electron chi connectivity index (χ3n) is 1.16. The van der Waals surface area contributed by atoms with Crippen molar-refractivity contribution in [3.8, 4) is 0 Å². The van der Waals surface area contributed by atoms with Gasteiger partial charge in [-0.1, -0.05) is 20.4 Å². The van der Waals surface area contributed by atoms with Gasteiger partial charge in [0, 0.05) is 11.2 Å². The molecule has 0 aliphatic carbocycles. The van der Waals surface area contributed by atoms with E-state index < -0.39 is 21.3 Å². The fourth-order valence-electron chi connectivity index (χ4n) is 0.805. The van der Waals surface area contributed by atoms with Gasteiger partial charge in [0.1, 0.15) is 0 Å². The van der Waals surface area contributed by atoms with Crippen LogP contribution in [0.1, 0.15) is 13.8 Å². The van der Waals surface area contributed by atoms with E-state index in [1.54, 1.807) is 13.8 Å². The van der Waals surface area contributed by atoms with E-state index in [-0.39, 0.29) is 25.5 Å². The topological polar surface area (TPSA) is 66.4 Å². The molecule has 0 spiro atoms. The molecule has 4 nitrogen and oxygen atoms in total. The van der Waals surface area contributed by atoms with E-state index in [9.17, 15) is 13.0 Å². The summed E-state index contributed by atoms with van der Waals surface area (Å²) < 4.78 is 35.9. The van der Waals surface area contributed by atoms with Gasteiger partial charge in [-0.15, -0.1) is 0 Å². The molecule has 0 radical (unpaired) electrons. The van der Waals surface area contributed by atoms with E-state index in [4.69, 9.17) is 4.74 Å². The van der Waals surface area contributed by atoms with Gasteiger partial charge in [-0.2, -0.15) is 0 Å². The monoisotopic (exact) mass is 200 g/mol. The molecule has 72 valence electrons. The molecule has 0 atom stereocenters. The SMILES string of the molecule is C=COCC(C)(C)CS(=O)(=O)[O-].[Li+]. The van der Waals surface area contributed by atoms with Gasteiger partial charge in [0.25, 0.3) is 0 Å². The Balaban J connectivity index is 0. The van der Waals surface area contributed by atoms with Gasteiger partial charge >= 0.3 is 18.9 Å². The van der Waals surface area contributed by atoms with Crippen molar-refractivity contribution in [3.05, 3.63) is 12.8 Å². The fraction of sp³-hybridized carbons (Fsp3) is 0.714. The van der Waals surface area contributed by atoms with Crippen LogP contribution in [0.25, 0.3) is 0 Å². The zero-order valence-electron chi connectivity index (χ0n) is 8.24. The quantitative estimate of drug-likeness (QED) is 0.285. The van der Waals surface area contributed by atoms with Crippen LogP contribution in [0, 0.1) is 5.41 Å². The molecule has 0 rings (SSSR count). The smallest absolute Gasteiger partial charge is 0.748 e. The van der Waals surface area contributed by atoms with E-state index in [0.29, 0.717) is 0 Å². The summed E-state index contributed by atoms with van der Waals surface area (Å²) >= 11 is 0. The maximum atomic E-state index is 10.4. The molecule has 0 saturated carbocycles. The second-order valence-electron chi connectivity index (χ2n) is 3.34. The van der Waals surface area contributed by atoms with Crippen LogP contribution in [0.3, 0.4) is 0 Å². The maximum absolute atomic E-state index is 10.4. The minimum Gasteiger partial charge on any atom is -0.748 e. The van der Waals surface area contributed by atoms with Gasteiger partial charge in [-0.3, -0.25) is 0 Å². The van der Waals surface area contributed by atoms with Crippen molar-refractivity contribution in [2.24, 2.45) is 5.41 Å². The predicted octanol–water partition coefficient (Wildman–Crippen LogP) is -2.28. The van der Waals surface area contributed by atoms with Gasteiger partial charge < -0.3 is 9.29 Å². The number of ether oxygens (including phenoxy) is 1. The molecular weight excluding hydrogens is 187 g/mol. The Kier molecular flexibility index (Phi) is 6.81. The Morgan fingerprint density at radius 3 is 2.31 bits per heavy atom. The van der Waals surface area contributed by atoms with Crippen molar-refractivity contribution >= 4 is 10.1 Å².